The fourth-order valence-electron chi connectivity index (χ4n) is 1.91. The van der Waals surface area contributed by atoms with E-state index < -0.39 is 0 Å². The van der Waals surface area contributed by atoms with Crippen molar-refractivity contribution >= 4 is 23.2 Å². The molecule has 2 rings (SSSR count). The number of amides is 2. The highest BCUT2D eigenvalue weighted by Crippen LogP contribution is 2.05. The van der Waals surface area contributed by atoms with Gasteiger partial charge in [0.2, 0.25) is 11.8 Å². The van der Waals surface area contributed by atoms with Gasteiger partial charge in [0.1, 0.15) is 0 Å². The zero-order valence-electron chi connectivity index (χ0n) is 12.7. The summed E-state index contributed by atoms with van der Waals surface area (Å²) >= 11 is 1.43. The molecule has 0 saturated heterocycles. The van der Waals surface area contributed by atoms with Gasteiger partial charge in [0.05, 0.1) is 0 Å². The van der Waals surface area contributed by atoms with E-state index in [-0.39, 0.29) is 18.2 Å². The van der Waals surface area contributed by atoms with Crippen LogP contribution in [0, 0.1) is 6.92 Å². The molecule has 5 nitrogen and oxygen atoms in total. The van der Waals surface area contributed by atoms with E-state index >= 15 is 0 Å². The van der Waals surface area contributed by atoms with Gasteiger partial charge in [0.15, 0.2) is 4.80 Å². The quantitative estimate of drug-likeness (QED) is 0.915. The van der Waals surface area contributed by atoms with Crippen molar-refractivity contribution in [3.63, 3.8) is 0 Å². The van der Waals surface area contributed by atoms with E-state index in [1.54, 1.807) is 0 Å². The molecule has 2 aromatic rings. The largest absolute Gasteiger partial charge is 0.356 e. The van der Waals surface area contributed by atoms with Crippen molar-refractivity contribution in [1.29, 1.82) is 0 Å². The lowest BCUT2D eigenvalue weighted by molar-refractivity contribution is -0.119. The first-order chi connectivity index (χ1) is 10.5. The summed E-state index contributed by atoms with van der Waals surface area (Å²) in [5.74, 6) is -0.368. The van der Waals surface area contributed by atoms with Crippen LogP contribution in [0.25, 0.3) is 0 Å². The van der Waals surface area contributed by atoms with Crippen LogP contribution in [0.4, 0.5) is 0 Å². The van der Waals surface area contributed by atoms with Crippen molar-refractivity contribution in [2.45, 2.75) is 26.8 Å². The number of hydrogen-bond acceptors (Lipinski definition) is 3. The summed E-state index contributed by atoms with van der Waals surface area (Å²) in [6.45, 7) is 4.48. The zero-order valence-corrected chi connectivity index (χ0v) is 13.5. The van der Waals surface area contributed by atoms with Gasteiger partial charge < -0.3 is 9.88 Å². The van der Waals surface area contributed by atoms with Crippen LogP contribution in [0.2, 0.25) is 0 Å². The van der Waals surface area contributed by atoms with Gasteiger partial charge in [-0.3, -0.25) is 9.59 Å². The Bertz CT molecular complexity index is 713. The summed E-state index contributed by atoms with van der Waals surface area (Å²) < 4.78 is 1.95. The molecule has 0 fully saturated rings. The minimum atomic E-state index is -0.228. The van der Waals surface area contributed by atoms with Gasteiger partial charge in [-0.2, -0.15) is 4.99 Å². The molecular weight excluding hydrogens is 298 g/mol. The summed E-state index contributed by atoms with van der Waals surface area (Å²) in [5.41, 5.74) is 2.38. The maximum absolute atomic E-state index is 11.8. The lowest BCUT2D eigenvalue weighted by Gasteiger charge is -2.04. The van der Waals surface area contributed by atoms with E-state index in [1.807, 2.05) is 16.1 Å². The monoisotopic (exact) mass is 317 g/mol. The molecule has 0 unspecified atom stereocenters. The topological polar surface area (TPSA) is 63.5 Å². The van der Waals surface area contributed by atoms with Gasteiger partial charge in [0, 0.05) is 38.0 Å². The highest BCUT2D eigenvalue weighted by Gasteiger charge is 2.03. The number of carbonyl (C=O) groups is 2. The SMILES string of the molecule is CC(=O)NCCC(=O)N=c1sccn1Cc1ccc(C)cc1. The van der Waals surface area contributed by atoms with Crippen LogP contribution in [-0.4, -0.2) is 22.9 Å². The predicted molar refractivity (Wildman–Crippen MR) is 86.5 cm³/mol. The summed E-state index contributed by atoms with van der Waals surface area (Å²) in [6.07, 6.45) is 2.13. The third-order valence-electron chi connectivity index (χ3n) is 3.07. The number of aryl methyl sites for hydroxylation is 1. The Hall–Kier alpha value is -2.21. The van der Waals surface area contributed by atoms with Gasteiger partial charge in [-0.15, -0.1) is 11.3 Å². The van der Waals surface area contributed by atoms with E-state index in [0.717, 1.165) is 5.56 Å². The number of carbonyl (C=O) groups excluding carboxylic acids is 2. The minimum Gasteiger partial charge on any atom is -0.356 e. The Balaban J connectivity index is 2.05. The van der Waals surface area contributed by atoms with Crippen molar-refractivity contribution in [3.05, 3.63) is 51.8 Å². The third kappa shape index (κ3) is 4.96. The first-order valence-corrected chi connectivity index (χ1v) is 7.94. The fraction of sp³-hybridized carbons (Fsp3) is 0.312. The number of nitrogens with one attached hydrogen (secondary N) is 1. The molecular formula is C16H19N3O2S. The van der Waals surface area contributed by atoms with Crippen LogP contribution in [0.3, 0.4) is 0 Å². The highest BCUT2D eigenvalue weighted by molar-refractivity contribution is 7.07. The summed E-state index contributed by atoms with van der Waals surface area (Å²) in [4.78, 5) is 27.4. The van der Waals surface area contributed by atoms with Crippen LogP contribution in [0.15, 0.2) is 40.8 Å². The Morgan fingerprint density at radius 2 is 2.00 bits per heavy atom. The van der Waals surface area contributed by atoms with Gasteiger partial charge in [-0.25, -0.2) is 0 Å². The van der Waals surface area contributed by atoms with Crippen molar-refractivity contribution in [2.75, 3.05) is 6.54 Å². The minimum absolute atomic E-state index is 0.140. The summed E-state index contributed by atoms with van der Waals surface area (Å²) in [7, 11) is 0. The molecule has 2 amide bonds. The number of hydrogen-bond donors (Lipinski definition) is 1. The number of thiazole rings is 1. The average Bonchev–Trinajstić information content (AvgIpc) is 2.88. The Morgan fingerprint density at radius 3 is 2.68 bits per heavy atom. The molecule has 1 heterocycles. The number of rotatable bonds is 5. The highest BCUT2D eigenvalue weighted by atomic mass is 32.1. The molecule has 116 valence electrons. The molecule has 0 bridgehead atoms. The van der Waals surface area contributed by atoms with Crippen molar-refractivity contribution in [2.24, 2.45) is 4.99 Å². The van der Waals surface area contributed by atoms with Crippen LogP contribution in [0.5, 0.6) is 0 Å². The molecule has 0 spiro atoms. The molecule has 0 radical (unpaired) electrons. The molecule has 1 aromatic carbocycles. The summed E-state index contributed by atoms with van der Waals surface area (Å²) in [5, 5.41) is 4.50. The molecule has 1 aromatic heterocycles. The van der Waals surface area contributed by atoms with Gasteiger partial charge in [-0.05, 0) is 12.5 Å². The Kier molecular flexibility index (Phi) is 5.66. The van der Waals surface area contributed by atoms with Crippen LogP contribution in [-0.2, 0) is 16.1 Å². The van der Waals surface area contributed by atoms with Gasteiger partial charge in [0.25, 0.3) is 0 Å². The van der Waals surface area contributed by atoms with Crippen molar-refractivity contribution in [3.8, 4) is 0 Å². The van der Waals surface area contributed by atoms with E-state index in [9.17, 15) is 9.59 Å². The van der Waals surface area contributed by atoms with Crippen molar-refractivity contribution < 1.29 is 9.59 Å². The van der Waals surface area contributed by atoms with Crippen LogP contribution < -0.4 is 10.1 Å². The number of benzene rings is 1. The standard InChI is InChI=1S/C16H19N3O2S/c1-12-3-5-14(6-4-12)11-19-9-10-22-16(19)18-15(21)7-8-17-13(2)20/h3-6,9-10H,7-8,11H2,1-2H3,(H,17,20). The van der Waals surface area contributed by atoms with E-state index in [1.165, 1.54) is 23.8 Å². The Morgan fingerprint density at radius 1 is 1.27 bits per heavy atom. The number of aromatic nitrogens is 1. The Labute approximate surface area is 133 Å². The van der Waals surface area contributed by atoms with E-state index in [0.29, 0.717) is 17.9 Å². The third-order valence-corrected chi connectivity index (χ3v) is 3.86. The van der Waals surface area contributed by atoms with Gasteiger partial charge in [-0.1, -0.05) is 29.8 Å². The summed E-state index contributed by atoms with van der Waals surface area (Å²) in [6, 6.07) is 8.28. The molecule has 0 aliphatic carbocycles. The first-order valence-electron chi connectivity index (χ1n) is 7.06. The maximum Gasteiger partial charge on any atom is 0.250 e. The number of nitrogens with zero attached hydrogens (tertiary/aromatic N) is 2. The average molecular weight is 317 g/mol. The molecule has 0 saturated carbocycles. The molecule has 0 atom stereocenters. The molecule has 1 N–H and O–H groups in total. The van der Waals surface area contributed by atoms with E-state index in [4.69, 9.17) is 0 Å². The van der Waals surface area contributed by atoms with Crippen LogP contribution >= 0.6 is 11.3 Å². The fourth-order valence-corrected chi connectivity index (χ4v) is 2.65. The van der Waals surface area contributed by atoms with E-state index in [2.05, 4.69) is 41.5 Å². The zero-order chi connectivity index (χ0) is 15.9. The van der Waals surface area contributed by atoms with Crippen molar-refractivity contribution in [1.82, 2.24) is 9.88 Å². The lowest BCUT2D eigenvalue weighted by Crippen LogP contribution is -2.23. The normalized spacial score (nSPS) is 11.5. The smallest absolute Gasteiger partial charge is 0.250 e. The van der Waals surface area contributed by atoms with Gasteiger partial charge >= 0.3 is 0 Å². The second kappa shape index (κ2) is 7.70. The molecule has 22 heavy (non-hydrogen) atoms. The predicted octanol–water partition coefficient (Wildman–Crippen LogP) is 1.86. The lowest BCUT2D eigenvalue weighted by atomic mass is 10.1. The van der Waals surface area contributed by atoms with Crippen LogP contribution in [0.1, 0.15) is 24.5 Å². The second-order valence-corrected chi connectivity index (χ2v) is 5.91. The molecule has 0 aliphatic rings. The first kappa shape index (κ1) is 16.2. The molecule has 6 heteroatoms. The molecule has 0 aliphatic heterocycles. The second-order valence-electron chi connectivity index (χ2n) is 5.04. The maximum atomic E-state index is 11.8.